The second-order valence-electron chi connectivity index (χ2n) is 7.03. The summed E-state index contributed by atoms with van der Waals surface area (Å²) in [6, 6.07) is 13.5. The lowest BCUT2D eigenvalue weighted by Crippen LogP contribution is -2.38. The molecule has 29 heavy (non-hydrogen) atoms. The van der Waals surface area contributed by atoms with Crippen LogP contribution in [-0.2, 0) is 6.42 Å². The van der Waals surface area contributed by atoms with Gasteiger partial charge in [-0.3, -0.25) is 14.9 Å². The molecule has 0 N–H and O–H groups in total. The fourth-order valence-corrected chi connectivity index (χ4v) is 2.90. The Bertz CT molecular complexity index is 1010. The number of nitro groups is 1. The van der Waals surface area contributed by atoms with Crippen molar-refractivity contribution in [2.24, 2.45) is 0 Å². The average Bonchev–Trinajstić information content (AvgIpc) is 3.17. The number of non-ortho nitro benzene ring substituents is 1. The SMILES string of the molecule is Cc1ccc(C(=O)N(CCc2nc(-c3cccc([N+](=O)[O-])c3)no2)C(C)C)cc1. The minimum Gasteiger partial charge on any atom is -0.339 e. The molecule has 0 aliphatic carbocycles. The maximum Gasteiger partial charge on any atom is 0.270 e. The molecule has 150 valence electrons. The van der Waals surface area contributed by atoms with Crippen LogP contribution in [0.3, 0.4) is 0 Å². The number of benzene rings is 2. The third kappa shape index (κ3) is 4.84. The number of hydrogen-bond donors (Lipinski definition) is 0. The van der Waals surface area contributed by atoms with E-state index in [2.05, 4.69) is 10.1 Å². The lowest BCUT2D eigenvalue weighted by molar-refractivity contribution is -0.384. The van der Waals surface area contributed by atoms with Crippen LogP contribution in [0.5, 0.6) is 0 Å². The first kappa shape index (κ1) is 20.2. The van der Waals surface area contributed by atoms with Crippen LogP contribution in [0.15, 0.2) is 53.1 Å². The summed E-state index contributed by atoms with van der Waals surface area (Å²) in [5.74, 6) is 0.594. The highest BCUT2D eigenvalue weighted by Gasteiger charge is 2.20. The highest BCUT2D eigenvalue weighted by atomic mass is 16.6. The number of aryl methyl sites for hydroxylation is 1. The van der Waals surface area contributed by atoms with E-state index in [1.165, 1.54) is 12.1 Å². The molecule has 2 aromatic carbocycles. The second kappa shape index (κ2) is 8.64. The van der Waals surface area contributed by atoms with Crippen molar-refractivity contribution in [3.63, 3.8) is 0 Å². The van der Waals surface area contributed by atoms with Crippen molar-refractivity contribution in [2.75, 3.05) is 6.54 Å². The van der Waals surface area contributed by atoms with E-state index in [1.54, 1.807) is 17.0 Å². The van der Waals surface area contributed by atoms with Crippen LogP contribution in [0.4, 0.5) is 5.69 Å². The van der Waals surface area contributed by atoms with E-state index in [0.29, 0.717) is 30.0 Å². The number of amides is 1. The van der Waals surface area contributed by atoms with Crippen molar-refractivity contribution >= 4 is 11.6 Å². The van der Waals surface area contributed by atoms with Crippen LogP contribution >= 0.6 is 0 Å². The highest BCUT2D eigenvalue weighted by Crippen LogP contribution is 2.21. The highest BCUT2D eigenvalue weighted by molar-refractivity contribution is 5.94. The fourth-order valence-electron chi connectivity index (χ4n) is 2.90. The van der Waals surface area contributed by atoms with Gasteiger partial charge in [0.05, 0.1) is 4.92 Å². The zero-order chi connectivity index (χ0) is 21.0. The van der Waals surface area contributed by atoms with Gasteiger partial charge in [0.15, 0.2) is 0 Å². The van der Waals surface area contributed by atoms with E-state index in [4.69, 9.17) is 4.52 Å². The second-order valence-corrected chi connectivity index (χ2v) is 7.03. The third-order valence-corrected chi connectivity index (χ3v) is 4.53. The Morgan fingerprint density at radius 2 is 1.93 bits per heavy atom. The topological polar surface area (TPSA) is 102 Å². The Kier molecular flexibility index (Phi) is 6.01. The van der Waals surface area contributed by atoms with Crippen LogP contribution in [0.2, 0.25) is 0 Å². The number of carbonyl (C=O) groups is 1. The van der Waals surface area contributed by atoms with Gasteiger partial charge in [0, 0.05) is 42.3 Å². The van der Waals surface area contributed by atoms with Crippen molar-refractivity contribution in [1.29, 1.82) is 0 Å². The molecule has 3 rings (SSSR count). The third-order valence-electron chi connectivity index (χ3n) is 4.53. The molecular formula is C21H22N4O4. The molecule has 1 amide bonds. The quantitative estimate of drug-likeness (QED) is 0.442. The molecule has 0 spiro atoms. The van der Waals surface area contributed by atoms with Gasteiger partial charge in [0.1, 0.15) is 0 Å². The van der Waals surface area contributed by atoms with Gasteiger partial charge < -0.3 is 9.42 Å². The van der Waals surface area contributed by atoms with Crippen molar-refractivity contribution in [3.05, 3.63) is 75.7 Å². The Morgan fingerprint density at radius 3 is 2.59 bits per heavy atom. The van der Waals surface area contributed by atoms with Gasteiger partial charge in [-0.05, 0) is 32.9 Å². The molecular weight excluding hydrogens is 372 g/mol. The Morgan fingerprint density at radius 1 is 1.21 bits per heavy atom. The van der Waals surface area contributed by atoms with Crippen LogP contribution in [0.1, 0.15) is 35.7 Å². The van der Waals surface area contributed by atoms with E-state index < -0.39 is 4.92 Å². The Labute approximate surface area is 168 Å². The Balaban J connectivity index is 1.71. The maximum absolute atomic E-state index is 12.8. The molecule has 0 aliphatic heterocycles. The summed E-state index contributed by atoms with van der Waals surface area (Å²) in [7, 11) is 0. The summed E-state index contributed by atoms with van der Waals surface area (Å²) in [5.41, 5.74) is 2.19. The molecule has 0 bridgehead atoms. The summed E-state index contributed by atoms with van der Waals surface area (Å²) in [5, 5.41) is 14.8. The van der Waals surface area contributed by atoms with Crippen molar-refractivity contribution < 1.29 is 14.2 Å². The van der Waals surface area contributed by atoms with E-state index in [0.717, 1.165) is 5.56 Å². The number of aromatic nitrogens is 2. The molecule has 8 nitrogen and oxygen atoms in total. The number of carbonyl (C=O) groups excluding carboxylic acids is 1. The smallest absolute Gasteiger partial charge is 0.270 e. The number of nitrogens with zero attached hydrogens (tertiary/aromatic N) is 4. The Hall–Kier alpha value is -3.55. The van der Waals surface area contributed by atoms with E-state index in [-0.39, 0.29) is 23.5 Å². The number of nitro benzene ring substituents is 1. The van der Waals surface area contributed by atoms with E-state index in [9.17, 15) is 14.9 Å². The molecule has 3 aromatic rings. The van der Waals surface area contributed by atoms with Gasteiger partial charge in [0.2, 0.25) is 11.7 Å². The molecule has 8 heteroatoms. The summed E-state index contributed by atoms with van der Waals surface area (Å²) < 4.78 is 5.28. The number of hydrogen-bond acceptors (Lipinski definition) is 6. The number of rotatable bonds is 7. The van der Waals surface area contributed by atoms with Gasteiger partial charge >= 0.3 is 0 Å². The molecule has 1 heterocycles. The monoisotopic (exact) mass is 394 g/mol. The van der Waals surface area contributed by atoms with Crippen molar-refractivity contribution in [1.82, 2.24) is 15.0 Å². The standard InChI is InChI=1S/C21H22N4O4/c1-14(2)24(21(26)16-9-7-15(3)8-10-16)12-11-19-22-20(23-29-19)17-5-4-6-18(13-17)25(27)28/h4-10,13-14H,11-12H2,1-3H3. The van der Waals surface area contributed by atoms with E-state index >= 15 is 0 Å². The molecule has 1 aromatic heterocycles. The predicted octanol–water partition coefficient (Wildman–Crippen LogP) is 4.05. The van der Waals surface area contributed by atoms with E-state index in [1.807, 2.05) is 45.0 Å². The molecule has 0 fully saturated rings. The molecule has 0 saturated carbocycles. The van der Waals surface area contributed by atoms with Gasteiger partial charge in [-0.25, -0.2) is 0 Å². The lowest BCUT2D eigenvalue weighted by atomic mass is 10.1. The van der Waals surface area contributed by atoms with Gasteiger partial charge in [0.25, 0.3) is 11.6 Å². The van der Waals surface area contributed by atoms with Crippen LogP contribution in [-0.4, -0.2) is 38.5 Å². The molecule has 0 unspecified atom stereocenters. The van der Waals surface area contributed by atoms with Crippen molar-refractivity contribution in [3.8, 4) is 11.4 Å². The first-order valence-electron chi connectivity index (χ1n) is 9.30. The summed E-state index contributed by atoms with van der Waals surface area (Å²) in [6.45, 7) is 6.30. The molecule has 0 atom stereocenters. The van der Waals surface area contributed by atoms with Crippen LogP contribution in [0.25, 0.3) is 11.4 Å². The largest absolute Gasteiger partial charge is 0.339 e. The zero-order valence-corrected chi connectivity index (χ0v) is 16.5. The van der Waals surface area contributed by atoms with Crippen LogP contribution in [0, 0.1) is 17.0 Å². The lowest BCUT2D eigenvalue weighted by Gasteiger charge is -2.26. The summed E-state index contributed by atoms with van der Waals surface area (Å²) in [4.78, 5) is 29.4. The van der Waals surface area contributed by atoms with Gasteiger partial charge in [-0.15, -0.1) is 0 Å². The summed E-state index contributed by atoms with van der Waals surface area (Å²) in [6.07, 6.45) is 0.387. The van der Waals surface area contributed by atoms with Crippen molar-refractivity contribution in [2.45, 2.75) is 33.2 Å². The first-order valence-corrected chi connectivity index (χ1v) is 9.30. The van der Waals surface area contributed by atoms with Gasteiger partial charge in [-0.1, -0.05) is 35.0 Å². The molecule has 0 aliphatic rings. The molecule has 0 radical (unpaired) electrons. The van der Waals surface area contributed by atoms with Gasteiger partial charge in [-0.2, -0.15) is 4.98 Å². The first-order chi connectivity index (χ1) is 13.8. The fraction of sp³-hybridized carbons (Fsp3) is 0.286. The minimum atomic E-state index is -0.471. The predicted molar refractivity (Wildman–Crippen MR) is 107 cm³/mol. The average molecular weight is 394 g/mol. The summed E-state index contributed by atoms with van der Waals surface area (Å²) >= 11 is 0. The minimum absolute atomic E-state index is 0.00275. The maximum atomic E-state index is 12.8. The normalized spacial score (nSPS) is 10.9. The van der Waals surface area contributed by atoms with Crippen LogP contribution < -0.4 is 0 Å². The molecule has 0 saturated heterocycles. The zero-order valence-electron chi connectivity index (χ0n) is 16.5.